The third kappa shape index (κ3) is 5.19. The number of likely N-dealkylation sites (N-methyl/N-ethyl adjacent to an activating group) is 1. The number of hydrogen-bond acceptors (Lipinski definition) is 4. The van der Waals surface area contributed by atoms with Gasteiger partial charge in [-0.25, -0.2) is 0 Å². The Hall–Kier alpha value is -2.41. The van der Waals surface area contributed by atoms with Crippen LogP contribution in [-0.4, -0.2) is 78.2 Å². The van der Waals surface area contributed by atoms with Crippen molar-refractivity contribution in [1.82, 2.24) is 20.0 Å². The molecule has 2 fully saturated rings. The number of piperazine rings is 1. The van der Waals surface area contributed by atoms with Gasteiger partial charge in [0.1, 0.15) is 6.04 Å². The molecule has 1 atom stereocenters. The number of nitrogens with one attached hydrogen (secondary N) is 1. The Bertz CT molecular complexity index is 777. The fourth-order valence-corrected chi connectivity index (χ4v) is 3.98. The molecule has 2 aliphatic rings. The fraction of sp³-hybridized carbons (Fsp3) is 0.609. The van der Waals surface area contributed by atoms with Crippen LogP contribution in [0.4, 0.5) is 0 Å². The van der Waals surface area contributed by atoms with Crippen LogP contribution >= 0.6 is 0 Å². The molecule has 1 N–H and O–H groups in total. The minimum absolute atomic E-state index is 0.0203. The van der Waals surface area contributed by atoms with Gasteiger partial charge < -0.3 is 20.0 Å². The van der Waals surface area contributed by atoms with E-state index < -0.39 is 11.5 Å². The quantitative estimate of drug-likeness (QED) is 0.814. The molecule has 1 unspecified atom stereocenters. The predicted molar refractivity (Wildman–Crippen MR) is 116 cm³/mol. The summed E-state index contributed by atoms with van der Waals surface area (Å²) in [5, 5.41) is 2.96. The van der Waals surface area contributed by atoms with Crippen LogP contribution in [0.2, 0.25) is 0 Å². The second-order valence-electron chi connectivity index (χ2n) is 9.42. The minimum atomic E-state index is -0.491. The van der Waals surface area contributed by atoms with Crippen LogP contribution in [0.25, 0.3) is 0 Å². The SMILES string of the molecule is CN1CCN(C(=O)c2ccc(CNC(=O)C3CCCN3C(=O)C(C)(C)C)cc2)CC1. The van der Waals surface area contributed by atoms with Crippen LogP contribution in [0.1, 0.15) is 49.5 Å². The zero-order chi connectivity index (χ0) is 21.9. The molecule has 2 saturated heterocycles. The summed E-state index contributed by atoms with van der Waals surface area (Å²) in [6.45, 7) is 9.95. The van der Waals surface area contributed by atoms with Crippen molar-refractivity contribution in [2.45, 2.75) is 46.2 Å². The average Bonchev–Trinajstić information content (AvgIpc) is 3.21. The van der Waals surface area contributed by atoms with Crippen molar-refractivity contribution in [3.63, 3.8) is 0 Å². The van der Waals surface area contributed by atoms with Crippen LogP contribution in [-0.2, 0) is 16.1 Å². The van der Waals surface area contributed by atoms with E-state index in [4.69, 9.17) is 0 Å². The van der Waals surface area contributed by atoms with Crippen molar-refractivity contribution < 1.29 is 14.4 Å². The summed E-state index contributed by atoms with van der Waals surface area (Å²) in [7, 11) is 2.06. The number of nitrogens with zero attached hydrogens (tertiary/aromatic N) is 3. The van der Waals surface area contributed by atoms with Crippen molar-refractivity contribution in [1.29, 1.82) is 0 Å². The Balaban J connectivity index is 1.54. The summed E-state index contributed by atoms with van der Waals surface area (Å²) in [5.74, 6) is -0.0319. The molecular weight excluding hydrogens is 380 g/mol. The summed E-state index contributed by atoms with van der Waals surface area (Å²) in [6.07, 6.45) is 1.55. The molecule has 164 valence electrons. The first-order valence-corrected chi connectivity index (χ1v) is 10.8. The number of likely N-dealkylation sites (tertiary alicyclic amines) is 1. The number of benzene rings is 1. The third-order valence-corrected chi connectivity index (χ3v) is 5.92. The highest BCUT2D eigenvalue weighted by molar-refractivity contribution is 5.94. The highest BCUT2D eigenvalue weighted by Crippen LogP contribution is 2.25. The molecule has 30 heavy (non-hydrogen) atoms. The molecule has 2 heterocycles. The predicted octanol–water partition coefficient (Wildman–Crippen LogP) is 1.73. The van der Waals surface area contributed by atoms with Gasteiger partial charge in [0.05, 0.1) is 0 Å². The standard InChI is InChI=1S/C23H34N4O3/c1-23(2,3)22(30)27-11-5-6-19(27)20(28)24-16-17-7-9-18(10-8-17)21(29)26-14-12-25(4)13-15-26/h7-10,19H,5-6,11-16H2,1-4H3,(H,24,28). The molecule has 0 saturated carbocycles. The summed E-state index contributed by atoms with van der Waals surface area (Å²) >= 11 is 0. The van der Waals surface area contributed by atoms with E-state index in [0.29, 0.717) is 25.1 Å². The molecule has 3 rings (SSSR count). The van der Waals surface area contributed by atoms with Gasteiger partial charge in [0.15, 0.2) is 0 Å². The van der Waals surface area contributed by atoms with Gasteiger partial charge in [0, 0.05) is 50.2 Å². The van der Waals surface area contributed by atoms with Gasteiger partial charge >= 0.3 is 0 Å². The molecule has 0 bridgehead atoms. The Morgan fingerprint density at radius 2 is 1.63 bits per heavy atom. The van der Waals surface area contributed by atoms with Crippen LogP contribution in [0.3, 0.4) is 0 Å². The molecule has 3 amide bonds. The summed E-state index contributed by atoms with van der Waals surface area (Å²) in [6, 6.07) is 7.03. The first-order valence-electron chi connectivity index (χ1n) is 10.8. The zero-order valence-corrected chi connectivity index (χ0v) is 18.6. The van der Waals surface area contributed by atoms with Crippen LogP contribution in [0.15, 0.2) is 24.3 Å². The normalized spacial score (nSPS) is 20.3. The van der Waals surface area contributed by atoms with Crippen LogP contribution < -0.4 is 5.32 Å². The minimum Gasteiger partial charge on any atom is -0.350 e. The van der Waals surface area contributed by atoms with E-state index in [1.165, 1.54) is 0 Å². The lowest BCUT2D eigenvalue weighted by Gasteiger charge is -2.32. The van der Waals surface area contributed by atoms with Gasteiger partial charge in [-0.1, -0.05) is 32.9 Å². The van der Waals surface area contributed by atoms with Crippen molar-refractivity contribution in [2.75, 3.05) is 39.8 Å². The number of carbonyl (C=O) groups is 3. The topological polar surface area (TPSA) is 73.0 Å². The number of amides is 3. The first-order chi connectivity index (χ1) is 14.2. The molecule has 1 aromatic carbocycles. The van der Waals surface area contributed by atoms with Crippen molar-refractivity contribution in [3.8, 4) is 0 Å². The Kier molecular flexibility index (Phi) is 6.81. The van der Waals surface area contributed by atoms with E-state index in [-0.39, 0.29) is 17.7 Å². The highest BCUT2D eigenvalue weighted by Gasteiger charge is 2.38. The van der Waals surface area contributed by atoms with Gasteiger partial charge in [0.25, 0.3) is 5.91 Å². The van der Waals surface area contributed by atoms with E-state index in [2.05, 4.69) is 17.3 Å². The zero-order valence-electron chi connectivity index (χ0n) is 18.6. The summed E-state index contributed by atoms with van der Waals surface area (Å²) in [5.41, 5.74) is 1.12. The lowest BCUT2D eigenvalue weighted by molar-refractivity contribution is -0.144. The van der Waals surface area contributed by atoms with Gasteiger partial charge in [0.2, 0.25) is 11.8 Å². The number of rotatable bonds is 4. The maximum Gasteiger partial charge on any atom is 0.253 e. The molecule has 0 spiro atoms. The van der Waals surface area contributed by atoms with E-state index in [0.717, 1.165) is 38.2 Å². The molecular formula is C23H34N4O3. The van der Waals surface area contributed by atoms with Gasteiger partial charge in [-0.15, -0.1) is 0 Å². The monoisotopic (exact) mass is 414 g/mol. The summed E-state index contributed by atoms with van der Waals surface area (Å²) < 4.78 is 0. The lowest BCUT2D eigenvalue weighted by atomic mass is 9.94. The van der Waals surface area contributed by atoms with E-state index in [1.54, 1.807) is 4.90 Å². The third-order valence-electron chi connectivity index (χ3n) is 5.92. The molecule has 0 aliphatic carbocycles. The molecule has 7 heteroatoms. The summed E-state index contributed by atoms with van der Waals surface area (Å²) in [4.78, 5) is 43.8. The van der Waals surface area contributed by atoms with Crippen LogP contribution in [0, 0.1) is 5.41 Å². The van der Waals surface area contributed by atoms with E-state index in [9.17, 15) is 14.4 Å². The molecule has 0 aromatic heterocycles. The Morgan fingerprint density at radius 3 is 2.23 bits per heavy atom. The number of hydrogen-bond donors (Lipinski definition) is 1. The van der Waals surface area contributed by atoms with E-state index in [1.807, 2.05) is 49.9 Å². The van der Waals surface area contributed by atoms with Gasteiger partial charge in [-0.3, -0.25) is 14.4 Å². The second kappa shape index (κ2) is 9.16. The van der Waals surface area contributed by atoms with Gasteiger partial charge in [-0.2, -0.15) is 0 Å². The first kappa shape index (κ1) is 22.3. The Labute approximate surface area is 179 Å². The maximum absolute atomic E-state index is 12.7. The molecule has 0 radical (unpaired) electrons. The van der Waals surface area contributed by atoms with Crippen molar-refractivity contribution in [2.24, 2.45) is 5.41 Å². The number of carbonyl (C=O) groups excluding carboxylic acids is 3. The van der Waals surface area contributed by atoms with Crippen molar-refractivity contribution >= 4 is 17.7 Å². The maximum atomic E-state index is 12.7. The van der Waals surface area contributed by atoms with Crippen LogP contribution in [0.5, 0.6) is 0 Å². The van der Waals surface area contributed by atoms with E-state index >= 15 is 0 Å². The van der Waals surface area contributed by atoms with Crippen molar-refractivity contribution in [3.05, 3.63) is 35.4 Å². The Morgan fingerprint density at radius 1 is 1.00 bits per heavy atom. The molecule has 7 nitrogen and oxygen atoms in total. The molecule has 2 aliphatic heterocycles. The fourth-order valence-electron chi connectivity index (χ4n) is 3.98. The molecule has 1 aromatic rings. The van der Waals surface area contributed by atoms with Gasteiger partial charge in [-0.05, 0) is 37.6 Å². The second-order valence-corrected chi connectivity index (χ2v) is 9.42. The lowest BCUT2D eigenvalue weighted by Crippen LogP contribution is -2.49. The smallest absolute Gasteiger partial charge is 0.253 e. The largest absolute Gasteiger partial charge is 0.350 e. The highest BCUT2D eigenvalue weighted by atomic mass is 16.2. The average molecular weight is 415 g/mol.